The number of piperidine rings is 1. The summed E-state index contributed by atoms with van der Waals surface area (Å²) >= 11 is 1.39. The van der Waals surface area contributed by atoms with Gasteiger partial charge in [-0.05, 0) is 55.2 Å². The summed E-state index contributed by atoms with van der Waals surface area (Å²) in [6.45, 7) is 0. The van der Waals surface area contributed by atoms with Gasteiger partial charge in [0.15, 0.2) is 0 Å². The molecule has 4 rings (SSSR count). The molecule has 2 atom stereocenters. The molecular weight excluding hydrogens is 346 g/mol. The van der Waals surface area contributed by atoms with Gasteiger partial charge in [0.2, 0.25) is 5.91 Å². The number of para-hydroxylation sites is 2. The largest absolute Gasteiger partial charge is 0.324 e. The van der Waals surface area contributed by atoms with Crippen molar-refractivity contribution in [3.8, 4) is 0 Å². The average Bonchev–Trinajstić information content (AvgIpc) is 3.26. The molecule has 2 aromatic rings. The molecule has 0 saturated carbocycles. The molecular formula is C20H23N3O2S. The fraction of sp³-hybridized carbons (Fsp3) is 0.400. The summed E-state index contributed by atoms with van der Waals surface area (Å²) in [7, 11) is 0. The summed E-state index contributed by atoms with van der Waals surface area (Å²) in [5, 5.41) is 11.4. The second-order valence-electron chi connectivity index (χ2n) is 7.20. The van der Waals surface area contributed by atoms with Crippen molar-refractivity contribution < 1.29 is 9.59 Å². The van der Waals surface area contributed by atoms with E-state index in [9.17, 15) is 9.59 Å². The lowest BCUT2D eigenvalue weighted by molar-refractivity contribution is -0.117. The summed E-state index contributed by atoms with van der Waals surface area (Å²) in [6.07, 6.45) is 5.18. The Balaban J connectivity index is 1.38. The quantitative estimate of drug-likeness (QED) is 0.749. The highest BCUT2D eigenvalue weighted by atomic mass is 32.1. The number of fused-ring (bicyclic) bond motifs is 2. The Labute approximate surface area is 157 Å². The number of thiophene rings is 1. The third-order valence-corrected chi connectivity index (χ3v) is 6.11. The zero-order valence-electron chi connectivity index (χ0n) is 14.5. The van der Waals surface area contributed by atoms with Crippen LogP contribution in [0.4, 0.5) is 11.4 Å². The molecule has 2 unspecified atom stereocenters. The third kappa shape index (κ3) is 3.97. The monoisotopic (exact) mass is 369 g/mol. The van der Waals surface area contributed by atoms with Crippen LogP contribution in [0.2, 0.25) is 0 Å². The van der Waals surface area contributed by atoms with Crippen molar-refractivity contribution in [3.05, 3.63) is 46.7 Å². The van der Waals surface area contributed by atoms with Crippen LogP contribution in [0.1, 0.15) is 41.8 Å². The number of nitrogens with one attached hydrogen (secondary N) is 3. The number of amides is 2. The van der Waals surface area contributed by atoms with E-state index in [4.69, 9.17) is 0 Å². The SMILES string of the molecule is O=C(CC1CC2CCC(C1)N2)Nc1ccccc1NC(=O)c1cccs1. The van der Waals surface area contributed by atoms with Crippen LogP contribution in [0, 0.1) is 5.92 Å². The predicted octanol–water partition coefficient (Wildman–Crippen LogP) is 3.86. The van der Waals surface area contributed by atoms with Gasteiger partial charge in [0.1, 0.15) is 0 Å². The Morgan fingerprint density at radius 3 is 2.35 bits per heavy atom. The molecule has 5 nitrogen and oxygen atoms in total. The normalized spacial score (nSPS) is 24.2. The number of benzene rings is 1. The van der Waals surface area contributed by atoms with Crippen LogP contribution in [0.25, 0.3) is 0 Å². The van der Waals surface area contributed by atoms with E-state index in [1.54, 1.807) is 6.07 Å². The highest BCUT2D eigenvalue weighted by molar-refractivity contribution is 7.12. The van der Waals surface area contributed by atoms with Crippen LogP contribution in [-0.2, 0) is 4.79 Å². The van der Waals surface area contributed by atoms with Crippen molar-refractivity contribution in [2.45, 2.75) is 44.2 Å². The summed E-state index contributed by atoms with van der Waals surface area (Å²) in [6, 6.07) is 12.2. The zero-order chi connectivity index (χ0) is 17.9. The molecule has 2 aliphatic heterocycles. The van der Waals surface area contributed by atoms with E-state index in [0.29, 0.717) is 40.7 Å². The highest BCUT2D eigenvalue weighted by Gasteiger charge is 2.34. The molecule has 1 aromatic heterocycles. The molecule has 3 N–H and O–H groups in total. The minimum atomic E-state index is -0.156. The van der Waals surface area contributed by atoms with Gasteiger partial charge in [-0.3, -0.25) is 9.59 Å². The summed E-state index contributed by atoms with van der Waals surface area (Å²) in [5.74, 6) is 0.312. The highest BCUT2D eigenvalue weighted by Crippen LogP contribution is 2.33. The molecule has 0 radical (unpaired) electrons. The van der Waals surface area contributed by atoms with Gasteiger partial charge in [-0.2, -0.15) is 0 Å². The Kier molecular flexibility index (Phi) is 5.04. The number of rotatable bonds is 5. The molecule has 26 heavy (non-hydrogen) atoms. The first-order chi connectivity index (χ1) is 12.7. The fourth-order valence-corrected chi connectivity index (χ4v) is 4.72. The van der Waals surface area contributed by atoms with Crippen molar-refractivity contribution >= 4 is 34.5 Å². The topological polar surface area (TPSA) is 70.2 Å². The standard InChI is InChI=1S/C20H23N3O2S/c24-19(12-13-10-14-7-8-15(11-13)21-14)22-16-4-1-2-5-17(16)23-20(25)18-6-3-9-26-18/h1-6,9,13-15,21H,7-8,10-12H2,(H,22,24)(H,23,25). The predicted molar refractivity (Wildman–Crippen MR) is 105 cm³/mol. The summed E-state index contributed by atoms with van der Waals surface area (Å²) in [4.78, 5) is 25.5. The van der Waals surface area contributed by atoms with Gasteiger partial charge in [0, 0.05) is 18.5 Å². The second-order valence-corrected chi connectivity index (χ2v) is 8.15. The van der Waals surface area contributed by atoms with Crippen LogP contribution < -0.4 is 16.0 Å². The van der Waals surface area contributed by atoms with E-state index < -0.39 is 0 Å². The minimum Gasteiger partial charge on any atom is -0.324 e. The summed E-state index contributed by atoms with van der Waals surface area (Å²) in [5.41, 5.74) is 1.28. The molecule has 2 aliphatic rings. The Bertz CT molecular complexity index is 778. The van der Waals surface area contributed by atoms with Gasteiger partial charge in [-0.15, -0.1) is 11.3 Å². The first-order valence-electron chi connectivity index (χ1n) is 9.17. The van der Waals surface area contributed by atoms with E-state index in [0.717, 1.165) is 12.8 Å². The van der Waals surface area contributed by atoms with Crippen molar-refractivity contribution in [1.82, 2.24) is 5.32 Å². The molecule has 1 aromatic carbocycles. The van der Waals surface area contributed by atoms with E-state index in [1.807, 2.05) is 35.7 Å². The molecule has 2 saturated heterocycles. The van der Waals surface area contributed by atoms with Crippen molar-refractivity contribution in [1.29, 1.82) is 0 Å². The Morgan fingerprint density at radius 1 is 1.00 bits per heavy atom. The van der Waals surface area contributed by atoms with Crippen LogP contribution in [0.15, 0.2) is 41.8 Å². The summed E-state index contributed by atoms with van der Waals surface area (Å²) < 4.78 is 0. The number of hydrogen-bond donors (Lipinski definition) is 3. The molecule has 136 valence electrons. The second kappa shape index (κ2) is 7.60. The molecule has 2 amide bonds. The maximum Gasteiger partial charge on any atom is 0.265 e. The zero-order valence-corrected chi connectivity index (χ0v) is 15.4. The van der Waals surface area contributed by atoms with Crippen molar-refractivity contribution in [3.63, 3.8) is 0 Å². The molecule has 6 heteroatoms. The molecule has 3 heterocycles. The van der Waals surface area contributed by atoms with Gasteiger partial charge in [-0.1, -0.05) is 18.2 Å². The molecule has 2 fully saturated rings. The number of anilines is 2. The molecule has 0 aliphatic carbocycles. The lowest BCUT2D eigenvalue weighted by atomic mass is 9.89. The first-order valence-corrected chi connectivity index (χ1v) is 10.0. The van der Waals surface area contributed by atoms with E-state index in [2.05, 4.69) is 16.0 Å². The Hall–Kier alpha value is -2.18. The first kappa shape index (κ1) is 17.2. The van der Waals surface area contributed by atoms with Gasteiger partial charge < -0.3 is 16.0 Å². The van der Waals surface area contributed by atoms with Crippen LogP contribution >= 0.6 is 11.3 Å². The van der Waals surface area contributed by atoms with Crippen LogP contribution in [0.3, 0.4) is 0 Å². The lowest BCUT2D eigenvalue weighted by Gasteiger charge is -2.28. The van der Waals surface area contributed by atoms with Gasteiger partial charge in [0.25, 0.3) is 5.91 Å². The van der Waals surface area contributed by atoms with E-state index in [-0.39, 0.29) is 11.8 Å². The smallest absolute Gasteiger partial charge is 0.265 e. The van der Waals surface area contributed by atoms with Crippen LogP contribution in [-0.4, -0.2) is 23.9 Å². The van der Waals surface area contributed by atoms with E-state index in [1.165, 1.54) is 24.2 Å². The lowest BCUT2D eigenvalue weighted by Crippen LogP contribution is -2.39. The average molecular weight is 369 g/mol. The van der Waals surface area contributed by atoms with Gasteiger partial charge >= 0.3 is 0 Å². The van der Waals surface area contributed by atoms with Crippen molar-refractivity contribution in [2.75, 3.05) is 10.6 Å². The number of carbonyl (C=O) groups excluding carboxylic acids is 2. The molecule has 2 bridgehead atoms. The fourth-order valence-electron chi connectivity index (χ4n) is 4.10. The maximum absolute atomic E-state index is 12.5. The van der Waals surface area contributed by atoms with Crippen molar-refractivity contribution in [2.24, 2.45) is 5.92 Å². The van der Waals surface area contributed by atoms with Crippen LogP contribution in [0.5, 0.6) is 0 Å². The van der Waals surface area contributed by atoms with Gasteiger partial charge in [-0.25, -0.2) is 0 Å². The third-order valence-electron chi connectivity index (χ3n) is 5.24. The number of hydrogen-bond acceptors (Lipinski definition) is 4. The number of carbonyl (C=O) groups is 2. The van der Waals surface area contributed by atoms with Gasteiger partial charge in [0.05, 0.1) is 16.3 Å². The minimum absolute atomic E-state index is 0.0223. The maximum atomic E-state index is 12.5. The molecule has 0 spiro atoms. The Morgan fingerprint density at radius 2 is 1.69 bits per heavy atom. The van der Waals surface area contributed by atoms with E-state index >= 15 is 0 Å².